The highest BCUT2D eigenvalue weighted by molar-refractivity contribution is 6.69. The summed E-state index contributed by atoms with van der Waals surface area (Å²) in [5.41, 5.74) is 16.2. The predicted octanol–water partition coefficient (Wildman–Crippen LogP) is 2.19. The molecule has 0 aliphatic heterocycles. The Hall–Kier alpha value is -4.82. The third kappa shape index (κ3) is 3.87. The minimum Gasteiger partial charge on any atom is -0.456 e. The predicted molar refractivity (Wildman–Crippen MR) is 206 cm³/mol. The second kappa shape index (κ2) is 10.1. The van der Waals surface area contributed by atoms with Crippen molar-refractivity contribution in [3.8, 4) is 33.4 Å². The molecule has 0 aliphatic rings. The third-order valence-corrected chi connectivity index (χ3v) is 10.0. The summed E-state index contributed by atoms with van der Waals surface area (Å²) >= 11 is 0. The average Bonchev–Trinajstić information content (AvgIpc) is 3.45. The molecular formula is C38H29B5O. The van der Waals surface area contributed by atoms with E-state index >= 15 is 0 Å². The first-order valence-corrected chi connectivity index (χ1v) is 15.5. The molecule has 0 saturated carbocycles. The molecule has 0 unspecified atom stereocenters. The molecule has 0 radical (unpaired) electrons. The SMILES string of the molecule is Bc1c(B)c(B)c(-c2c3ccccc3c(-c3cc(-c4ccccc4)cc4oc5ccccc5c34)c3ccccc23)c(B)c1B. The molecular weight excluding hydrogens is 526 g/mol. The highest BCUT2D eigenvalue weighted by Crippen LogP contribution is 2.47. The minimum absolute atomic E-state index is 0.913. The molecule has 8 rings (SSSR count). The molecule has 1 nitrogen and oxygen atoms in total. The topological polar surface area (TPSA) is 13.1 Å². The van der Waals surface area contributed by atoms with Gasteiger partial charge in [0.05, 0.1) is 0 Å². The second-order valence-corrected chi connectivity index (χ2v) is 12.2. The van der Waals surface area contributed by atoms with Crippen molar-refractivity contribution in [1.82, 2.24) is 0 Å². The van der Waals surface area contributed by atoms with Crippen LogP contribution in [-0.4, -0.2) is 39.2 Å². The normalized spacial score (nSPS) is 11.6. The van der Waals surface area contributed by atoms with Gasteiger partial charge in [-0.05, 0) is 73.1 Å². The van der Waals surface area contributed by atoms with E-state index in [1.807, 2.05) is 0 Å². The summed E-state index contributed by atoms with van der Waals surface area (Å²) in [5, 5.41) is 7.38. The molecule has 202 valence electrons. The van der Waals surface area contributed by atoms with Gasteiger partial charge in [0.2, 0.25) is 0 Å². The van der Waals surface area contributed by atoms with E-state index in [1.165, 1.54) is 76.7 Å². The number of fused-ring (bicyclic) bond motifs is 5. The molecule has 7 aromatic carbocycles. The van der Waals surface area contributed by atoms with Crippen molar-refractivity contribution in [3.63, 3.8) is 0 Å². The van der Waals surface area contributed by atoms with Crippen molar-refractivity contribution in [1.29, 1.82) is 0 Å². The molecule has 0 fully saturated rings. The van der Waals surface area contributed by atoms with Crippen LogP contribution in [0.4, 0.5) is 0 Å². The van der Waals surface area contributed by atoms with E-state index in [2.05, 4.69) is 154 Å². The molecule has 44 heavy (non-hydrogen) atoms. The molecule has 0 spiro atoms. The van der Waals surface area contributed by atoms with Crippen LogP contribution in [0.15, 0.2) is 120 Å². The number of para-hydroxylation sites is 1. The summed E-state index contributed by atoms with van der Waals surface area (Å²) in [6.07, 6.45) is 0. The molecule has 1 aromatic heterocycles. The van der Waals surface area contributed by atoms with Crippen LogP contribution in [-0.2, 0) is 0 Å². The summed E-state index contributed by atoms with van der Waals surface area (Å²) in [5.74, 6) is 0. The zero-order valence-corrected chi connectivity index (χ0v) is 25.9. The van der Waals surface area contributed by atoms with Gasteiger partial charge in [0.25, 0.3) is 0 Å². The lowest BCUT2D eigenvalue weighted by Crippen LogP contribution is -2.55. The lowest BCUT2D eigenvalue weighted by molar-refractivity contribution is 0.669. The quantitative estimate of drug-likeness (QED) is 0.241. The van der Waals surface area contributed by atoms with Gasteiger partial charge < -0.3 is 4.42 Å². The van der Waals surface area contributed by atoms with Crippen molar-refractivity contribution in [2.45, 2.75) is 0 Å². The van der Waals surface area contributed by atoms with Gasteiger partial charge in [-0.25, -0.2) is 0 Å². The summed E-state index contributed by atoms with van der Waals surface area (Å²) in [6.45, 7) is 0. The van der Waals surface area contributed by atoms with Gasteiger partial charge >= 0.3 is 0 Å². The highest BCUT2D eigenvalue weighted by atomic mass is 16.3. The molecule has 6 heteroatoms. The lowest BCUT2D eigenvalue weighted by Gasteiger charge is -2.24. The van der Waals surface area contributed by atoms with Crippen LogP contribution in [0.3, 0.4) is 0 Å². The Morgan fingerprint density at radius 2 is 0.841 bits per heavy atom. The van der Waals surface area contributed by atoms with Gasteiger partial charge in [-0.3, -0.25) is 0 Å². The zero-order chi connectivity index (χ0) is 30.1. The first-order chi connectivity index (χ1) is 21.4. The van der Waals surface area contributed by atoms with E-state index in [-0.39, 0.29) is 0 Å². The third-order valence-electron chi connectivity index (χ3n) is 10.0. The van der Waals surface area contributed by atoms with Crippen molar-refractivity contribution < 1.29 is 4.42 Å². The van der Waals surface area contributed by atoms with Crippen LogP contribution in [0.5, 0.6) is 0 Å². The van der Waals surface area contributed by atoms with Crippen LogP contribution >= 0.6 is 0 Å². The maximum atomic E-state index is 6.56. The van der Waals surface area contributed by atoms with Crippen molar-refractivity contribution in [3.05, 3.63) is 115 Å². The monoisotopic (exact) mass is 556 g/mol. The molecule has 8 aromatic rings. The number of furan rings is 1. The fourth-order valence-corrected chi connectivity index (χ4v) is 7.41. The summed E-state index contributed by atoms with van der Waals surface area (Å²) in [7, 11) is 11.4. The number of hydrogen-bond donors (Lipinski definition) is 0. The molecule has 0 amide bonds. The first-order valence-electron chi connectivity index (χ1n) is 15.5. The smallest absolute Gasteiger partial charge is 0.139 e. The van der Waals surface area contributed by atoms with Gasteiger partial charge in [-0.1, -0.05) is 108 Å². The molecule has 0 saturated heterocycles. The lowest BCUT2D eigenvalue weighted by atomic mass is 9.59. The van der Waals surface area contributed by atoms with Gasteiger partial charge in [-0.2, -0.15) is 0 Å². The van der Waals surface area contributed by atoms with E-state index in [0.29, 0.717) is 0 Å². The van der Waals surface area contributed by atoms with E-state index in [9.17, 15) is 0 Å². The van der Waals surface area contributed by atoms with Gasteiger partial charge in [0.1, 0.15) is 50.4 Å². The fourth-order valence-electron chi connectivity index (χ4n) is 7.41. The second-order valence-electron chi connectivity index (χ2n) is 12.2. The Morgan fingerprint density at radius 1 is 0.364 bits per heavy atom. The van der Waals surface area contributed by atoms with E-state index in [0.717, 1.165) is 27.5 Å². The van der Waals surface area contributed by atoms with E-state index < -0.39 is 0 Å². The molecule has 1 heterocycles. The highest BCUT2D eigenvalue weighted by Gasteiger charge is 2.23. The Bertz CT molecular complexity index is 2360. The van der Waals surface area contributed by atoms with E-state index in [4.69, 9.17) is 4.42 Å². The fraction of sp³-hybridized carbons (Fsp3) is 0. The Balaban J connectivity index is 1.59. The average molecular weight is 556 g/mol. The molecule has 0 aliphatic carbocycles. The minimum atomic E-state index is 0.913. The Morgan fingerprint density at radius 3 is 1.43 bits per heavy atom. The van der Waals surface area contributed by atoms with Gasteiger partial charge in [-0.15, -0.1) is 16.4 Å². The Kier molecular flexibility index (Phi) is 6.17. The summed E-state index contributed by atoms with van der Waals surface area (Å²) in [6, 6.07) is 41.6. The standard InChI is InChI=1S/C38H29B5O/c39-34-33(35(40)37(42)38(43)36(34)41)32-24-14-6-4-12-22(24)30(23-13-5-7-15-25(23)32)27-18-21(20-10-2-1-3-11-20)19-29-31(27)26-16-8-9-17-28(26)44-29/h1-19H,39-43H2. The van der Waals surface area contributed by atoms with Crippen LogP contribution in [0.2, 0.25) is 0 Å². The van der Waals surface area contributed by atoms with Gasteiger partial charge in [0, 0.05) is 10.8 Å². The first kappa shape index (κ1) is 26.8. The van der Waals surface area contributed by atoms with E-state index in [1.54, 1.807) is 0 Å². The van der Waals surface area contributed by atoms with Crippen molar-refractivity contribution in [2.24, 2.45) is 0 Å². The molecule has 0 bridgehead atoms. The van der Waals surface area contributed by atoms with Crippen molar-refractivity contribution >= 4 is 110 Å². The summed E-state index contributed by atoms with van der Waals surface area (Å²) in [4.78, 5) is 0. The summed E-state index contributed by atoms with van der Waals surface area (Å²) < 4.78 is 6.56. The molecule has 0 N–H and O–H groups in total. The Labute approximate surface area is 262 Å². The maximum Gasteiger partial charge on any atom is 0.139 e. The largest absolute Gasteiger partial charge is 0.456 e. The van der Waals surface area contributed by atoms with Crippen LogP contribution in [0, 0.1) is 0 Å². The van der Waals surface area contributed by atoms with Gasteiger partial charge in [0.15, 0.2) is 0 Å². The molecule has 0 atom stereocenters. The van der Waals surface area contributed by atoms with Crippen LogP contribution < -0.4 is 27.3 Å². The number of hydrogen-bond acceptors (Lipinski definition) is 1. The van der Waals surface area contributed by atoms with Crippen LogP contribution in [0.25, 0.3) is 76.9 Å². The maximum absolute atomic E-state index is 6.56. The zero-order valence-electron chi connectivity index (χ0n) is 25.9. The van der Waals surface area contributed by atoms with Crippen molar-refractivity contribution in [2.75, 3.05) is 0 Å². The number of benzene rings is 7. The van der Waals surface area contributed by atoms with Crippen LogP contribution in [0.1, 0.15) is 0 Å². The number of rotatable bonds is 3.